The number of methoxy groups -OCH3 is 2. The number of benzene rings is 2. The molecule has 0 aromatic heterocycles. The summed E-state index contributed by atoms with van der Waals surface area (Å²) in [5.41, 5.74) is 1.24. The Kier molecular flexibility index (Phi) is 6.62. The SMILES string of the molecule is COc1ccc(OC)c(N2C(=O)C(c3ccc(F)cc3)=C(N3CCN(CCO)CC3)C2=O)c1. The first kappa shape index (κ1) is 22.8. The number of amides is 2. The second kappa shape index (κ2) is 9.60. The van der Waals surface area contributed by atoms with Gasteiger partial charge >= 0.3 is 0 Å². The van der Waals surface area contributed by atoms with E-state index < -0.39 is 17.6 Å². The Morgan fingerprint density at radius 1 is 0.939 bits per heavy atom. The summed E-state index contributed by atoms with van der Waals surface area (Å²) in [7, 11) is 2.96. The second-order valence-electron chi connectivity index (χ2n) is 7.77. The third-order valence-electron chi connectivity index (χ3n) is 5.92. The van der Waals surface area contributed by atoms with Gasteiger partial charge in [0.05, 0.1) is 32.1 Å². The normalized spacial score (nSPS) is 17.2. The van der Waals surface area contributed by atoms with Crippen LogP contribution in [0.25, 0.3) is 5.57 Å². The van der Waals surface area contributed by atoms with E-state index in [1.54, 1.807) is 18.2 Å². The van der Waals surface area contributed by atoms with Crippen LogP contribution in [0.5, 0.6) is 11.5 Å². The Hall–Kier alpha value is -3.43. The minimum Gasteiger partial charge on any atom is -0.497 e. The summed E-state index contributed by atoms with van der Waals surface area (Å²) in [5, 5.41) is 9.22. The molecule has 4 rings (SSSR count). The predicted octanol–water partition coefficient (Wildman–Crippen LogP) is 1.74. The van der Waals surface area contributed by atoms with Crippen molar-refractivity contribution in [2.24, 2.45) is 0 Å². The molecule has 2 aliphatic heterocycles. The van der Waals surface area contributed by atoms with Crippen molar-refractivity contribution in [2.45, 2.75) is 0 Å². The first-order chi connectivity index (χ1) is 16.0. The lowest BCUT2D eigenvalue weighted by atomic mass is 10.0. The molecule has 0 spiro atoms. The highest BCUT2D eigenvalue weighted by molar-refractivity contribution is 6.45. The Labute approximate surface area is 191 Å². The lowest BCUT2D eigenvalue weighted by Crippen LogP contribution is -2.48. The lowest BCUT2D eigenvalue weighted by Gasteiger charge is -2.36. The van der Waals surface area contributed by atoms with E-state index in [1.807, 2.05) is 4.90 Å². The zero-order chi connectivity index (χ0) is 23.5. The number of carbonyl (C=O) groups excluding carboxylic acids is 2. The number of nitrogens with zero attached hydrogens (tertiary/aromatic N) is 3. The smallest absolute Gasteiger partial charge is 0.282 e. The van der Waals surface area contributed by atoms with Crippen molar-refractivity contribution in [1.29, 1.82) is 0 Å². The third-order valence-corrected chi connectivity index (χ3v) is 5.92. The van der Waals surface area contributed by atoms with Gasteiger partial charge in [0, 0.05) is 38.8 Å². The fourth-order valence-electron chi connectivity index (χ4n) is 4.22. The van der Waals surface area contributed by atoms with E-state index in [0.29, 0.717) is 49.8 Å². The first-order valence-corrected chi connectivity index (χ1v) is 10.7. The molecule has 1 N–H and O–H groups in total. The molecule has 0 aliphatic carbocycles. The number of ether oxygens (including phenoxy) is 2. The number of imide groups is 1. The maximum atomic E-state index is 13.7. The minimum atomic E-state index is -0.508. The van der Waals surface area contributed by atoms with Gasteiger partial charge in [-0.3, -0.25) is 14.5 Å². The molecular weight excluding hydrogens is 429 g/mol. The van der Waals surface area contributed by atoms with Crippen molar-refractivity contribution < 1.29 is 28.6 Å². The average Bonchev–Trinajstić information content (AvgIpc) is 3.09. The number of aliphatic hydroxyl groups excluding tert-OH is 1. The molecule has 33 heavy (non-hydrogen) atoms. The third kappa shape index (κ3) is 4.29. The van der Waals surface area contributed by atoms with Crippen LogP contribution in [0.2, 0.25) is 0 Å². The van der Waals surface area contributed by atoms with Crippen molar-refractivity contribution >= 4 is 23.1 Å². The highest BCUT2D eigenvalue weighted by atomic mass is 19.1. The molecule has 2 aromatic rings. The van der Waals surface area contributed by atoms with Crippen molar-refractivity contribution in [1.82, 2.24) is 9.80 Å². The summed E-state index contributed by atoms with van der Waals surface area (Å²) in [6.45, 7) is 2.93. The van der Waals surface area contributed by atoms with Crippen LogP contribution in [-0.4, -0.2) is 80.3 Å². The monoisotopic (exact) mass is 455 g/mol. The van der Waals surface area contributed by atoms with Gasteiger partial charge in [0.25, 0.3) is 11.8 Å². The number of rotatable bonds is 7. The highest BCUT2D eigenvalue weighted by Crippen LogP contribution is 2.40. The summed E-state index contributed by atoms with van der Waals surface area (Å²) in [4.78, 5) is 32.5. The molecule has 0 saturated carbocycles. The number of carbonyl (C=O) groups is 2. The molecule has 174 valence electrons. The van der Waals surface area contributed by atoms with E-state index in [1.165, 1.54) is 38.5 Å². The van der Waals surface area contributed by atoms with Gasteiger partial charge in [-0.05, 0) is 29.8 Å². The molecule has 0 bridgehead atoms. The van der Waals surface area contributed by atoms with Gasteiger partial charge in [-0.1, -0.05) is 12.1 Å². The lowest BCUT2D eigenvalue weighted by molar-refractivity contribution is -0.120. The van der Waals surface area contributed by atoms with Gasteiger partial charge < -0.3 is 19.5 Å². The maximum absolute atomic E-state index is 13.7. The molecular formula is C24H26FN3O5. The average molecular weight is 455 g/mol. The fourth-order valence-corrected chi connectivity index (χ4v) is 4.22. The summed E-state index contributed by atoms with van der Waals surface area (Å²) in [6.07, 6.45) is 0. The molecule has 1 saturated heterocycles. The number of hydrogen-bond donors (Lipinski definition) is 1. The highest BCUT2D eigenvalue weighted by Gasteiger charge is 2.44. The Bertz CT molecular complexity index is 1080. The van der Waals surface area contributed by atoms with Crippen LogP contribution >= 0.6 is 0 Å². The number of aliphatic hydroxyl groups is 1. The van der Waals surface area contributed by atoms with Crippen LogP contribution in [0, 0.1) is 5.82 Å². The zero-order valence-electron chi connectivity index (χ0n) is 18.6. The van der Waals surface area contributed by atoms with Crippen LogP contribution in [0.3, 0.4) is 0 Å². The predicted molar refractivity (Wildman–Crippen MR) is 120 cm³/mol. The van der Waals surface area contributed by atoms with E-state index in [9.17, 15) is 19.1 Å². The van der Waals surface area contributed by atoms with E-state index in [4.69, 9.17) is 9.47 Å². The summed E-state index contributed by atoms with van der Waals surface area (Å²) < 4.78 is 24.3. The Morgan fingerprint density at radius 2 is 1.64 bits per heavy atom. The van der Waals surface area contributed by atoms with Crippen molar-refractivity contribution in [2.75, 3.05) is 58.5 Å². The molecule has 0 atom stereocenters. The van der Waals surface area contributed by atoms with Crippen LogP contribution < -0.4 is 14.4 Å². The van der Waals surface area contributed by atoms with Crippen LogP contribution in [0.15, 0.2) is 48.2 Å². The van der Waals surface area contributed by atoms with Gasteiger partial charge in [-0.25, -0.2) is 9.29 Å². The summed E-state index contributed by atoms with van der Waals surface area (Å²) >= 11 is 0. The topological polar surface area (TPSA) is 82.6 Å². The second-order valence-corrected chi connectivity index (χ2v) is 7.77. The van der Waals surface area contributed by atoms with Gasteiger partial charge in [0.2, 0.25) is 0 Å². The van der Waals surface area contributed by atoms with Crippen LogP contribution in [0.1, 0.15) is 5.56 Å². The summed E-state index contributed by atoms with van der Waals surface area (Å²) in [5.74, 6) is -0.584. The number of β-amino-alcohol motifs (C(OH)–C–C–N with tert-alkyl or cyclic N) is 1. The van der Waals surface area contributed by atoms with Crippen molar-refractivity contribution in [3.05, 3.63) is 59.5 Å². The molecule has 8 nitrogen and oxygen atoms in total. The maximum Gasteiger partial charge on any atom is 0.282 e. The van der Waals surface area contributed by atoms with Crippen molar-refractivity contribution in [3.63, 3.8) is 0 Å². The fraction of sp³-hybridized carbons (Fsp3) is 0.333. The molecule has 2 aromatic carbocycles. The Morgan fingerprint density at radius 3 is 2.24 bits per heavy atom. The molecule has 0 radical (unpaired) electrons. The van der Waals surface area contributed by atoms with Gasteiger partial charge in [-0.15, -0.1) is 0 Å². The van der Waals surface area contributed by atoms with E-state index in [2.05, 4.69) is 4.90 Å². The van der Waals surface area contributed by atoms with Gasteiger partial charge in [0.1, 0.15) is 23.0 Å². The Balaban J connectivity index is 1.78. The van der Waals surface area contributed by atoms with Crippen molar-refractivity contribution in [3.8, 4) is 11.5 Å². The van der Waals surface area contributed by atoms with Crippen LogP contribution in [0.4, 0.5) is 10.1 Å². The number of halogens is 1. The number of anilines is 1. The standard InChI is InChI=1S/C24H26FN3O5/c1-32-18-7-8-20(33-2)19(15-18)28-23(30)21(16-3-5-17(25)6-4-16)22(24(28)31)27-11-9-26(10-12-27)13-14-29/h3-8,15,29H,9-14H2,1-2H3. The molecule has 2 amide bonds. The van der Waals surface area contributed by atoms with Gasteiger partial charge in [0.15, 0.2) is 0 Å². The van der Waals surface area contributed by atoms with E-state index in [0.717, 1.165) is 4.90 Å². The largest absolute Gasteiger partial charge is 0.497 e. The zero-order valence-corrected chi connectivity index (χ0v) is 18.6. The molecule has 9 heteroatoms. The molecule has 0 unspecified atom stereocenters. The summed E-state index contributed by atoms with van der Waals surface area (Å²) in [6, 6.07) is 10.5. The van der Waals surface area contributed by atoms with E-state index >= 15 is 0 Å². The van der Waals surface area contributed by atoms with Crippen LogP contribution in [-0.2, 0) is 9.59 Å². The first-order valence-electron chi connectivity index (χ1n) is 10.7. The quantitative estimate of drug-likeness (QED) is 0.637. The number of piperazine rings is 1. The molecule has 1 fully saturated rings. The molecule has 2 aliphatic rings. The minimum absolute atomic E-state index is 0.0599. The van der Waals surface area contributed by atoms with E-state index in [-0.39, 0.29) is 23.6 Å². The number of hydrogen-bond acceptors (Lipinski definition) is 7. The van der Waals surface area contributed by atoms with Gasteiger partial charge in [-0.2, -0.15) is 0 Å². The molecule has 2 heterocycles.